The summed E-state index contributed by atoms with van der Waals surface area (Å²) in [6.07, 6.45) is -36.8. The molecule has 0 bridgehead atoms. The Balaban J connectivity index is 1.42. The normalized spacial score (nSPS) is 44.1. The lowest BCUT2D eigenvalue weighted by Gasteiger charge is -2.51. The molecule has 3 amide bonds. The van der Waals surface area contributed by atoms with Crippen molar-refractivity contribution in [2.45, 2.75) is 194 Å². The van der Waals surface area contributed by atoms with Gasteiger partial charge >= 0.3 is 5.97 Å². The van der Waals surface area contributed by atoms with Crippen molar-refractivity contribution in [2.75, 3.05) is 39.6 Å². The summed E-state index contributed by atoms with van der Waals surface area (Å²) in [6.45, 7) is 1.12. The number of esters is 1. The van der Waals surface area contributed by atoms with Gasteiger partial charge in [0, 0.05) is 27.7 Å². The maximum Gasteiger partial charge on any atom is 0.302 e. The molecule has 416 valence electrons. The number of aliphatic hydroxyl groups is 12. The van der Waals surface area contributed by atoms with Gasteiger partial charge in [-0.1, -0.05) is 0 Å². The van der Waals surface area contributed by atoms with Crippen LogP contribution in [0.5, 0.6) is 0 Å². The molecule has 26 atom stereocenters. The van der Waals surface area contributed by atoms with Crippen molar-refractivity contribution in [3.63, 3.8) is 0 Å². The Hall–Kier alpha value is -3.04. The summed E-state index contributed by atoms with van der Waals surface area (Å²) in [4.78, 5) is 49.2. The van der Waals surface area contributed by atoms with Crippen LogP contribution >= 0.6 is 0 Å². The number of nitrogens with two attached hydrogens (primary N) is 1. The van der Waals surface area contributed by atoms with Crippen molar-refractivity contribution in [1.29, 1.82) is 0 Å². The van der Waals surface area contributed by atoms with Crippen molar-refractivity contribution in [3.8, 4) is 0 Å². The zero-order valence-electron chi connectivity index (χ0n) is 39.8. The fraction of sp³-hybridized carbons (Fsp3) is 0.902. The Labute approximate surface area is 411 Å². The number of aliphatic hydroxyl groups excluding tert-OH is 12. The molecule has 1 unspecified atom stereocenters. The van der Waals surface area contributed by atoms with Gasteiger partial charge in [0.15, 0.2) is 31.5 Å². The third kappa shape index (κ3) is 14.5. The van der Waals surface area contributed by atoms with Gasteiger partial charge in [-0.3, -0.25) is 19.2 Å². The number of rotatable bonds is 20. The molecule has 5 fully saturated rings. The molecule has 0 spiro atoms. The van der Waals surface area contributed by atoms with E-state index in [9.17, 15) is 80.5 Å². The number of ether oxygens (including phenoxy) is 11. The molecule has 0 aromatic rings. The molecule has 5 aliphatic heterocycles. The average molecular weight is 1050 g/mol. The van der Waals surface area contributed by atoms with Gasteiger partial charge in [-0.25, -0.2) is 0 Å². The van der Waals surface area contributed by atoms with E-state index < -0.39 is 223 Å². The Kier molecular flexibility index (Phi) is 22.1. The van der Waals surface area contributed by atoms with Crippen molar-refractivity contribution in [1.82, 2.24) is 16.0 Å². The number of carbonyl (C=O) groups is 4. The van der Waals surface area contributed by atoms with Gasteiger partial charge in [-0.05, 0) is 6.92 Å². The van der Waals surface area contributed by atoms with Gasteiger partial charge < -0.3 is 135 Å². The Morgan fingerprint density at radius 1 is 0.514 bits per heavy atom. The van der Waals surface area contributed by atoms with Gasteiger partial charge in [0.05, 0.1) is 45.2 Å². The maximum atomic E-state index is 12.8. The largest absolute Gasteiger partial charge is 0.463 e. The van der Waals surface area contributed by atoms with Crippen molar-refractivity contribution in [3.05, 3.63) is 0 Å². The van der Waals surface area contributed by atoms with Crippen LogP contribution in [0.2, 0.25) is 0 Å². The zero-order valence-corrected chi connectivity index (χ0v) is 39.8. The van der Waals surface area contributed by atoms with Crippen LogP contribution in [-0.2, 0) is 71.3 Å². The van der Waals surface area contributed by atoms with Gasteiger partial charge in [-0.2, -0.15) is 0 Å². The monoisotopic (exact) mass is 1050 g/mol. The first-order valence-electron chi connectivity index (χ1n) is 23.0. The van der Waals surface area contributed by atoms with Gasteiger partial charge in [0.2, 0.25) is 17.7 Å². The lowest BCUT2D eigenvalue weighted by molar-refractivity contribution is -0.365. The first-order valence-corrected chi connectivity index (χ1v) is 23.0. The highest BCUT2D eigenvalue weighted by atomic mass is 16.8. The second-order valence-electron chi connectivity index (χ2n) is 18.0. The van der Waals surface area contributed by atoms with E-state index in [1.807, 2.05) is 0 Å². The Morgan fingerprint density at radius 2 is 0.958 bits per heavy atom. The lowest BCUT2D eigenvalue weighted by atomic mass is 9.93. The van der Waals surface area contributed by atoms with E-state index in [1.165, 1.54) is 6.92 Å². The molecule has 5 saturated heterocycles. The second-order valence-corrected chi connectivity index (χ2v) is 18.0. The van der Waals surface area contributed by atoms with E-state index in [0.717, 1.165) is 27.7 Å². The highest BCUT2D eigenvalue weighted by Crippen LogP contribution is 2.35. The minimum atomic E-state index is -2.00. The lowest BCUT2D eigenvalue weighted by Crippen LogP contribution is -2.71. The van der Waals surface area contributed by atoms with Gasteiger partial charge in [0.25, 0.3) is 0 Å². The summed E-state index contributed by atoms with van der Waals surface area (Å²) in [5.41, 5.74) is 6.10. The van der Waals surface area contributed by atoms with Crippen LogP contribution in [0.3, 0.4) is 0 Å². The van der Waals surface area contributed by atoms with Crippen LogP contribution in [0.1, 0.15) is 34.6 Å². The first kappa shape index (κ1) is 59.8. The molecule has 72 heavy (non-hydrogen) atoms. The minimum absolute atomic E-state index is 0.547. The third-order valence-electron chi connectivity index (χ3n) is 12.5. The molecule has 0 radical (unpaired) electrons. The molecular formula is C41H70N4O27. The molecule has 17 N–H and O–H groups in total. The number of amides is 3. The molecular weight excluding hydrogens is 980 g/mol. The highest BCUT2D eigenvalue weighted by molar-refractivity contribution is 5.74. The molecule has 5 rings (SSSR count). The molecule has 0 aromatic heterocycles. The maximum absolute atomic E-state index is 12.8. The highest BCUT2D eigenvalue weighted by Gasteiger charge is 2.57. The molecule has 31 nitrogen and oxygen atoms in total. The fourth-order valence-electron chi connectivity index (χ4n) is 8.71. The first-order chi connectivity index (χ1) is 33.9. The van der Waals surface area contributed by atoms with Crippen LogP contribution in [0, 0.1) is 0 Å². The van der Waals surface area contributed by atoms with E-state index in [4.69, 9.17) is 57.8 Å². The van der Waals surface area contributed by atoms with E-state index in [1.54, 1.807) is 0 Å². The van der Waals surface area contributed by atoms with Crippen LogP contribution in [0.15, 0.2) is 0 Å². The van der Waals surface area contributed by atoms with Crippen molar-refractivity contribution >= 4 is 23.7 Å². The number of carbonyl (C=O) groups excluding carboxylic acids is 4. The van der Waals surface area contributed by atoms with Crippen LogP contribution < -0.4 is 21.7 Å². The summed E-state index contributed by atoms with van der Waals surface area (Å²) in [7, 11) is 0. The van der Waals surface area contributed by atoms with Crippen molar-refractivity contribution in [2.24, 2.45) is 5.73 Å². The summed E-state index contributed by atoms with van der Waals surface area (Å²) in [5.74, 6) is -3.05. The van der Waals surface area contributed by atoms with Crippen molar-refractivity contribution < 1.29 is 133 Å². The molecule has 0 saturated carbocycles. The molecule has 0 aromatic carbocycles. The predicted octanol–water partition coefficient (Wildman–Crippen LogP) is -10.6. The van der Waals surface area contributed by atoms with E-state index >= 15 is 0 Å². The molecule has 31 heteroatoms. The van der Waals surface area contributed by atoms with E-state index in [-0.39, 0.29) is 0 Å². The quantitative estimate of drug-likeness (QED) is 0.0504. The summed E-state index contributed by atoms with van der Waals surface area (Å²) >= 11 is 0. The van der Waals surface area contributed by atoms with Gasteiger partial charge in [-0.15, -0.1) is 0 Å². The average Bonchev–Trinajstić information content (AvgIpc) is 3.32. The fourth-order valence-corrected chi connectivity index (χ4v) is 8.71. The Bertz CT molecular complexity index is 1760. The number of nitrogens with one attached hydrogen (secondary N) is 3. The van der Waals surface area contributed by atoms with Crippen LogP contribution in [-0.4, -0.2) is 284 Å². The SMILES string of the molecule is CC(=O)N[C@H]1[C@H](O[C@H]2[C@H](O)[C@@H](NC(C)=O)[C@H](O[C@H]3[C@H](O)[C@@H](NC(C)=O)[C@H](OCC(O)CO)O[C@@H]3CO[C@@H]3O[C@@H](C)[C@@H](O)[C@@H](O)[C@@H]3O)O[C@@H]2CO)O[C@H](CO)[C@@H](O[C@@H]2O[C@H](COC(C)=O)[C@@H](O)[C@H](O)[C@H]2N)[C@@H]1O. The number of hydrogen-bond donors (Lipinski definition) is 16. The summed E-state index contributed by atoms with van der Waals surface area (Å²) in [6, 6.07) is -6.41. The Morgan fingerprint density at radius 3 is 1.42 bits per heavy atom. The van der Waals surface area contributed by atoms with Crippen LogP contribution in [0.25, 0.3) is 0 Å². The topological polar surface area (TPSA) is 475 Å². The second kappa shape index (κ2) is 26.6. The van der Waals surface area contributed by atoms with Gasteiger partial charge in [0.1, 0.15) is 122 Å². The number of hydrogen-bond acceptors (Lipinski definition) is 28. The third-order valence-corrected chi connectivity index (χ3v) is 12.5. The molecule has 0 aliphatic carbocycles. The smallest absolute Gasteiger partial charge is 0.302 e. The predicted molar refractivity (Wildman–Crippen MR) is 228 cm³/mol. The molecule has 5 heterocycles. The van der Waals surface area contributed by atoms with Crippen LogP contribution in [0.4, 0.5) is 0 Å². The summed E-state index contributed by atoms with van der Waals surface area (Å²) < 4.78 is 63.9. The standard InChI is InChI=1S/C41H70N4O27/c1-12-26(54)32(60)33(61)41(65-12)64-11-21-36(29(57)23(43-13(2)49)38(69-21)63-9-17(53)6-46)72-40-25(45-15(4)51)31(59)35(19(8-48)67-40)71-39-24(44-14(3)50)30(58)34(18(7-47)66-39)70-37-22(42)28(56)27(55)20(68-37)10-62-16(5)52/h12,17-41,46-48,53-61H,6-11,42H2,1-5H3,(H,43,49)(H,44,50)(H,45,51)/t12-,17?,18+,19+,20+,21+,22+,23+,24+,25+,26+,27+,28+,29+,30+,31+,32+,33-,34+,35+,36+,37-,38+,39-,40-,41+/m0/s1. The molecule has 5 aliphatic rings. The summed E-state index contributed by atoms with van der Waals surface area (Å²) in [5, 5.41) is 136. The van der Waals surface area contributed by atoms with E-state index in [0.29, 0.717) is 0 Å². The zero-order chi connectivity index (χ0) is 53.5. The van der Waals surface area contributed by atoms with E-state index in [2.05, 4.69) is 16.0 Å². The minimum Gasteiger partial charge on any atom is -0.463 e.